The molecule has 6 N–H and O–H groups in total. The monoisotopic (exact) mass is 1160 g/mol. The van der Waals surface area contributed by atoms with Gasteiger partial charge in [-0.2, -0.15) is 0 Å². The molecule has 0 aliphatic carbocycles. The van der Waals surface area contributed by atoms with E-state index in [1.165, 1.54) is 24.3 Å². The van der Waals surface area contributed by atoms with Crippen LogP contribution in [0.2, 0.25) is 0 Å². The number of aliphatic hydroxyl groups excluding tert-OH is 4. The van der Waals surface area contributed by atoms with E-state index in [0.29, 0.717) is 90.6 Å². The third-order valence-corrected chi connectivity index (χ3v) is 13.7. The third kappa shape index (κ3) is 17.0. The molecular weight excluding hydrogens is 1090 g/mol. The van der Waals surface area contributed by atoms with E-state index in [1.807, 2.05) is 73.2 Å². The minimum atomic E-state index is -1.40. The molecule has 0 spiro atoms. The molecule has 8 aromatic rings. The fourth-order valence-electron chi connectivity index (χ4n) is 10.2. The summed E-state index contributed by atoms with van der Waals surface area (Å²) in [5.74, 6) is -2.41. The smallest absolute Gasteiger partial charge is 0.550 e. The molecule has 4 heterocycles. The molecule has 0 saturated heterocycles. The second kappa shape index (κ2) is 29.9. The number of carboxylic acid groups (broad SMARTS) is 2. The molecule has 0 fully saturated rings. The predicted octanol–water partition coefficient (Wildman–Crippen LogP) is 9.38. The Balaban J connectivity index is 0.000000263. The molecule has 16 nitrogen and oxygen atoms in total. The van der Waals surface area contributed by atoms with E-state index in [0.717, 1.165) is 0 Å². The van der Waals surface area contributed by atoms with Gasteiger partial charge in [0, 0.05) is 60.6 Å². The number of hydrogen-bond donors (Lipinski definition) is 6. The number of benzene rings is 4. The summed E-state index contributed by atoms with van der Waals surface area (Å²) in [6.07, 6.45) is -5.70. The van der Waals surface area contributed by atoms with Gasteiger partial charge < -0.3 is 68.8 Å². The van der Waals surface area contributed by atoms with E-state index >= 15 is 0 Å². The molecule has 8 rings (SSSR count). The Morgan fingerprint density at radius 2 is 0.843 bits per heavy atom. The van der Waals surface area contributed by atoms with Crippen molar-refractivity contribution in [3.63, 3.8) is 0 Å². The number of amides is 2. The Morgan fingerprint density at radius 3 is 1.13 bits per heavy atom. The first-order chi connectivity index (χ1) is 39.1. The maximum atomic E-state index is 14.0. The number of rotatable bonds is 24. The summed E-state index contributed by atoms with van der Waals surface area (Å²) in [5.41, 5.74) is 6.96. The van der Waals surface area contributed by atoms with Gasteiger partial charge in [-0.15, -0.1) is 0 Å². The zero-order valence-electron chi connectivity index (χ0n) is 47.2. The molecule has 83 heavy (non-hydrogen) atoms. The number of para-hydroxylation sites is 2. The number of carboxylic acids is 2. The second-order valence-corrected chi connectivity index (χ2v) is 20.9. The van der Waals surface area contributed by atoms with Gasteiger partial charge in [0.25, 0.3) is 11.8 Å². The molecule has 4 aromatic heterocycles. The molecule has 0 aliphatic rings. The van der Waals surface area contributed by atoms with E-state index < -0.39 is 60.8 Å². The van der Waals surface area contributed by atoms with Crippen LogP contribution >= 0.6 is 0 Å². The predicted molar refractivity (Wildman–Crippen MR) is 309 cm³/mol. The number of nitrogens with one attached hydrogen (secondary N) is 2. The quantitative estimate of drug-likeness (QED) is 0.0310. The minimum absolute atomic E-state index is 0. The molecule has 0 unspecified atom stereocenters. The van der Waals surface area contributed by atoms with Gasteiger partial charge in [0.2, 0.25) is 0 Å². The first-order valence-electron chi connectivity index (χ1n) is 27.1. The van der Waals surface area contributed by atoms with Crippen molar-refractivity contribution in [3.8, 4) is 45.2 Å². The standard InChI is InChI=1S/2C32H35FN2O6.Ca/c2*1-19(2)30-29(32(40)34-23-7-5-4-6-8-23)28(26-14-9-20(3)41-26)31(21-10-12-22(33)13-11-21)35(30)16-15-24(36)17-25(37)18-27(38)39;/h2*4-14,19,24-25,36-37H,15-18H2,1-3H3,(H,34,40)(H,38,39);/q;;+2/p-2/t2*24-,25-;/m11./s1. The second-order valence-electron chi connectivity index (χ2n) is 20.9. The molecule has 2 amide bonds. The van der Waals surface area contributed by atoms with Crippen LogP contribution in [0.15, 0.2) is 142 Å². The van der Waals surface area contributed by atoms with Crippen LogP contribution < -0.4 is 20.8 Å². The van der Waals surface area contributed by atoms with Crippen molar-refractivity contribution < 1.29 is 67.4 Å². The number of hydrogen-bond acceptors (Lipinski definition) is 12. The van der Waals surface area contributed by atoms with E-state index in [2.05, 4.69) is 10.6 Å². The van der Waals surface area contributed by atoms with Gasteiger partial charge in [-0.1, -0.05) is 64.1 Å². The number of carbonyl (C=O) groups excluding carboxylic acids is 4. The van der Waals surface area contributed by atoms with Crippen LogP contribution in [-0.2, 0) is 22.7 Å². The topological polar surface area (TPSA) is 256 Å². The van der Waals surface area contributed by atoms with E-state index in [1.54, 1.807) is 86.6 Å². The summed E-state index contributed by atoms with van der Waals surface area (Å²) < 4.78 is 43.9. The van der Waals surface area contributed by atoms with Crippen molar-refractivity contribution in [2.45, 2.75) is 129 Å². The largest absolute Gasteiger partial charge is 2.00 e. The summed E-state index contributed by atoms with van der Waals surface area (Å²) in [5, 5.41) is 69.1. The van der Waals surface area contributed by atoms with Crippen LogP contribution in [-0.4, -0.2) is 115 Å². The van der Waals surface area contributed by atoms with E-state index in [9.17, 15) is 58.6 Å². The number of carbonyl (C=O) groups is 4. The van der Waals surface area contributed by atoms with Crippen LogP contribution in [0.4, 0.5) is 20.2 Å². The number of aliphatic hydroxyl groups is 4. The Bertz CT molecular complexity index is 3220. The Morgan fingerprint density at radius 1 is 0.506 bits per heavy atom. The number of aryl methyl sites for hydroxylation is 2. The number of aliphatic carboxylic acids is 2. The maximum absolute atomic E-state index is 14.0. The van der Waals surface area contributed by atoms with Gasteiger partial charge in [0.05, 0.1) is 58.1 Å². The van der Waals surface area contributed by atoms with Crippen LogP contribution in [0, 0.1) is 25.5 Å². The number of nitrogens with zero attached hydrogens (tertiary/aromatic N) is 2. The van der Waals surface area contributed by atoms with Crippen molar-refractivity contribution in [2.24, 2.45) is 0 Å². The molecular formula is C64H68CaF2N4O12. The first-order valence-corrected chi connectivity index (χ1v) is 27.1. The van der Waals surface area contributed by atoms with E-state index in [4.69, 9.17) is 8.83 Å². The average molecular weight is 1160 g/mol. The molecule has 4 atom stereocenters. The first kappa shape index (κ1) is 65.0. The number of halogens is 2. The normalized spacial score (nSPS) is 12.7. The Kier molecular flexibility index (Phi) is 23.4. The van der Waals surface area contributed by atoms with Gasteiger partial charge >= 0.3 is 37.7 Å². The fraction of sp³-hybridized carbons (Fsp3) is 0.312. The van der Waals surface area contributed by atoms with Gasteiger partial charge in [-0.25, -0.2) is 8.78 Å². The van der Waals surface area contributed by atoms with Crippen molar-refractivity contribution in [1.82, 2.24) is 9.13 Å². The van der Waals surface area contributed by atoms with E-state index in [-0.39, 0.29) is 100 Å². The summed E-state index contributed by atoms with van der Waals surface area (Å²) in [6, 6.07) is 37.2. The zero-order valence-corrected chi connectivity index (χ0v) is 49.4. The van der Waals surface area contributed by atoms with Crippen molar-refractivity contribution in [3.05, 3.63) is 179 Å². The van der Waals surface area contributed by atoms with Crippen molar-refractivity contribution in [1.29, 1.82) is 0 Å². The number of anilines is 2. The SMILES string of the molecule is Cc1ccc(-c2c(C(=O)Nc3ccccc3)c(C(C)C)n(CC[C@@H](O)C[C@@H](O)CC(=O)[O-])c2-c2ccc(F)cc2)o1.Cc1ccc(-c2c(C(=O)Nc3ccccc3)c(C(C)C)n(CC[C@@H](O)C[C@@H](O)CC(=O)[O-])c2-c2ccc(F)cc2)o1.[Ca+2]. The van der Waals surface area contributed by atoms with Crippen LogP contribution in [0.5, 0.6) is 0 Å². The minimum Gasteiger partial charge on any atom is -0.550 e. The maximum Gasteiger partial charge on any atom is 2.00 e. The van der Waals surface area contributed by atoms with Crippen LogP contribution in [0.1, 0.15) is 122 Å². The summed E-state index contributed by atoms with van der Waals surface area (Å²) in [6.45, 7) is 11.9. The Hall–Kier alpha value is -7.16. The fourth-order valence-corrected chi connectivity index (χ4v) is 10.2. The summed E-state index contributed by atoms with van der Waals surface area (Å²) in [7, 11) is 0. The van der Waals surface area contributed by atoms with Crippen molar-refractivity contribution in [2.75, 3.05) is 10.6 Å². The zero-order chi connectivity index (χ0) is 59.4. The van der Waals surface area contributed by atoms with Crippen LogP contribution in [0.3, 0.4) is 0 Å². The van der Waals surface area contributed by atoms with Gasteiger partial charge in [0.15, 0.2) is 0 Å². The summed E-state index contributed by atoms with van der Waals surface area (Å²) >= 11 is 0. The van der Waals surface area contributed by atoms with Crippen LogP contribution in [0.25, 0.3) is 45.2 Å². The number of furan rings is 2. The molecule has 0 aliphatic heterocycles. The third-order valence-electron chi connectivity index (χ3n) is 13.7. The Labute approximate surface area is 510 Å². The molecule has 432 valence electrons. The molecule has 0 bridgehead atoms. The van der Waals surface area contributed by atoms with Gasteiger partial charge in [-0.3, -0.25) is 9.59 Å². The van der Waals surface area contributed by atoms with Crippen molar-refractivity contribution >= 4 is 72.9 Å². The molecule has 4 aromatic carbocycles. The molecule has 0 saturated carbocycles. The molecule has 0 radical (unpaired) electrons. The van der Waals surface area contributed by atoms with Gasteiger partial charge in [-0.05, 0) is 160 Å². The average Bonchev–Trinajstić information content (AvgIpc) is 2.24. The number of aromatic nitrogens is 2. The van der Waals surface area contributed by atoms with Gasteiger partial charge in [0.1, 0.15) is 34.7 Å². The molecule has 19 heteroatoms. The summed E-state index contributed by atoms with van der Waals surface area (Å²) in [4.78, 5) is 49.7.